The van der Waals surface area contributed by atoms with Gasteiger partial charge in [0.05, 0.1) is 11.6 Å². The number of aliphatic hydroxyl groups is 1. The van der Waals surface area contributed by atoms with Gasteiger partial charge >= 0.3 is 0 Å². The summed E-state index contributed by atoms with van der Waals surface area (Å²) in [5, 5.41) is 11.5. The number of Topliss-reactive ketones (excluding diaryl/α,β-unsaturated/α-hetero) is 1. The van der Waals surface area contributed by atoms with E-state index in [-0.39, 0.29) is 11.3 Å². The van der Waals surface area contributed by atoms with Gasteiger partial charge in [0.15, 0.2) is 0 Å². The zero-order chi connectivity index (χ0) is 20.5. The monoisotopic (exact) mass is 403 g/mol. The first kappa shape index (κ1) is 19.0. The minimum absolute atomic E-state index is 0.0602. The minimum atomic E-state index is -0.754. The Morgan fingerprint density at radius 2 is 1.52 bits per heavy atom. The molecule has 1 atom stereocenters. The Labute approximate surface area is 173 Å². The van der Waals surface area contributed by atoms with Crippen LogP contribution in [0.1, 0.15) is 22.7 Å². The normalized spacial score (nSPS) is 18.3. The third kappa shape index (κ3) is 3.43. The largest absolute Gasteiger partial charge is 0.507 e. The summed E-state index contributed by atoms with van der Waals surface area (Å²) in [6.07, 6.45) is 0. The van der Waals surface area contributed by atoms with Crippen molar-refractivity contribution in [3.05, 3.63) is 106 Å². The molecule has 0 aliphatic carbocycles. The van der Waals surface area contributed by atoms with Gasteiger partial charge in [-0.2, -0.15) is 0 Å². The number of aliphatic hydroxyl groups excluding tert-OH is 1. The van der Waals surface area contributed by atoms with Crippen molar-refractivity contribution in [2.45, 2.75) is 13.0 Å². The number of hydrogen-bond acceptors (Lipinski definition) is 3. The Hall–Kier alpha value is -3.37. The molecular weight excluding hydrogens is 386 g/mol. The number of para-hydroxylation sites is 1. The first-order chi connectivity index (χ1) is 14.0. The third-order valence-corrected chi connectivity index (χ3v) is 5.24. The summed E-state index contributed by atoms with van der Waals surface area (Å²) in [4.78, 5) is 27.4. The van der Waals surface area contributed by atoms with Crippen molar-refractivity contribution in [1.29, 1.82) is 0 Å². The fourth-order valence-corrected chi connectivity index (χ4v) is 3.64. The summed E-state index contributed by atoms with van der Waals surface area (Å²) in [6.45, 7) is 1.94. The number of carbonyl (C=O) groups is 2. The van der Waals surface area contributed by atoms with Crippen LogP contribution < -0.4 is 4.90 Å². The zero-order valence-corrected chi connectivity index (χ0v) is 16.4. The molecule has 0 bridgehead atoms. The molecule has 1 heterocycles. The first-order valence-electron chi connectivity index (χ1n) is 9.16. The van der Waals surface area contributed by atoms with Crippen LogP contribution >= 0.6 is 11.6 Å². The second-order valence-corrected chi connectivity index (χ2v) is 7.36. The molecule has 3 aromatic rings. The summed E-state index contributed by atoms with van der Waals surface area (Å²) in [6, 6.07) is 22.3. The van der Waals surface area contributed by atoms with Crippen LogP contribution in [-0.2, 0) is 9.59 Å². The van der Waals surface area contributed by atoms with Crippen LogP contribution in [0, 0.1) is 6.92 Å². The van der Waals surface area contributed by atoms with E-state index in [4.69, 9.17) is 11.6 Å². The van der Waals surface area contributed by atoms with Crippen LogP contribution in [0.25, 0.3) is 5.76 Å². The van der Waals surface area contributed by atoms with E-state index >= 15 is 0 Å². The van der Waals surface area contributed by atoms with Crippen molar-refractivity contribution in [3.8, 4) is 0 Å². The molecule has 29 heavy (non-hydrogen) atoms. The Kier molecular flexibility index (Phi) is 4.95. The van der Waals surface area contributed by atoms with Crippen LogP contribution in [0.2, 0.25) is 5.02 Å². The molecule has 1 aliphatic rings. The summed E-state index contributed by atoms with van der Waals surface area (Å²) in [7, 11) is 0. The standard InChI is InChI=1S/C24H18ClNO3/c1-15-7-9-17(10-8-15)22(27)20-21(16-11-13-18(25)14-12-16)26(24(29)23(20)28)19-5-3-2-4-6-19/h2-14,21,27H,1H3/b22-20+/t21-/m0/s1. The lowest BCUT2D eigenvalue weighted by molar-refractivity contribution is -0.132. The fourth-order valence-electron chi connectivity index (χ4n) is 3.51. The fraction of sp³-hybridized carbons (Fsp3) is 0.0833. The van der Waals surface area contributed by atoms with E-state index in [0.717, 1.165) is 5.56 Å². The highest BCUT2D eigenvalue weighted by Crippen LogP contribution is 2.42. The zero-order valence-electron chi connectivity index (χ0n) is 15.7. The van der Waals surface area contributed by atoms with Gasteiger partial charge in [-0.25, -0.2) is 0 Å². The minimum Gasteiger partial charge on any atom is -0.507 e. The number of amides is 1. The number of hydrogen-bond donors (Lipinski definition) is 1. The van der Waals surface area contributed by atoms with E-state index < -0.39 is 17.7 Å². The predicted molar refractivity (Wildman–Crippen MR) is 114 cm³/mol. The molecule has 1 fully saturated rings. The van der Waals surface area contributed by atoms with Gasteiger partial charge in [0.2, 0.25) is 0 Å². The Morgan fingerprint density at radius 3 is 2.14 bits per heavy atom. The molecular formula is C24H18ClNO3. The number of ketones is 1. The summed E-state index contributed by atoms with van der Waals surface area (Å²) in [5.41, 5.74) is 2.84. The van der Waals surface area contributed by atoms with E-state index in [1.807, 2.05) is 25.1 Å². The number of nitrogens with zero attached hydrogens (tertiary/aromatic N) is 1. The molecule has 5 heteroatoms. The lowest BCUT2D eigenvalue weighted by Gasteiger charge is -2.25. The molecule has 0 spiro atoms. The maximum atomic E-state index is 13.0. The van der Waals surface area contributed by atoms with Crippen molar-refractivity contribution in [2.24, 2.45) is 0 Å². The second-order valence-electron chi connectivity index (χ2n) is 6.92. The topological polar surface area (TPSA) is 57.6 Å². The van der Waals surface area contributed by atoms with Crippen LogP contribution in [-0.4, -0.2) is 16.8 Å². The van der Waals surface area contributed by atoms with Gasteiger partial charge in [0.25, 0.3) is 11.7 Å². The number of carbonyl (C=O) groups excluding carboxylic acids is 2. The van der Waals surface area contributed by atoms with Crippen molar-refractivity contribution >= 4 is 34.7 Å². The molecule has 0 saturated carbocycles. The molecule has 144 valence electrons. The summed E-state index contributed by atoms with van der Waals surface area (Å²) >= 11 is 6.03. The molecule has 0 radical (unpaired) electrons. The molecule has 0 unspecified atom stereocenters. The highest BCUT2D eigenvalue weighted by molar-refractivity contribution is 6.51. The number of anilines is 1. The molecule has 4 nitrogen and oxygen atoms in total. The molecule has 1 N–H and O–H groups in total. The van der Waals surface area contributed by atoms with Crippen LogP contribution in [0.15, 0.2) is 84.4 Å². The van der Waals surface area contributed by atoms with Gasteiger partial charge in [0, 0.05) is 16.3 Å². The second kappa shape index (κ2) is 7.57. The summed E-state index contributed by atoms with van der Waals surface area (Å²) in [5.74, 6) is -1.58. The smallest absolute Gasteiger partial charge is 0.300 e. The average molecular weight is 404 g/mol. The maximum Gasteiger partial charge on any atom is 0.300 e. The van der Waals surface area contributed by atoms with Gasteiger partial charge in [-0.15, -0.1) is 0 Å². The maximum absolute atomic E-state index is 13.0. The number of rotatable bonds is 3. The molecule has 0 aromatic heterocycles. The van der Waals surface area contributed by atoms with Crippen LogP contribution in [0.5, 0.6) is 0 Å². The molecule has 4 rings (SSSR count). The van der Waals surface area contributed by atoms with Crippen molar-refractivity contribution < 1.29 is 14.7 Å². The van der Waals surface area contributed by atoms with E-state index in [9.17, 15) is 14.7 Å². The van der Waals surface area contributed by atoms with Crippen LogP contribution in [0.3, 0.4) is 0 Å². The van der Waals surface area contributed by atoms with E-state index in [1.54, 1.807) is 60.7 Å². The van der Waals surface area contributed by atoms with Crippen molar-refractivity contribution in [3.63, 3.8) is 0 Å². The Morgan fingerprint density at radius 1 is 0.897 bits per heavy atom. The van der Waals surface area contributed by atoms with Crippen molar-refractivity contribution in [2.75, 3.05) is 4.90 Å². The van der Waals surface area contributed by atoms with Gasteiger partial charge < -0.3 is 5.11 Å². The quantitative estimate of drug-likeness (QED) is 0.368. The SMILES string of the molecule is Cc1ccc(/C(O)=C2\C(=O)C(=O)N(c3ccccc3)[C@H]2c2ccc(Cl)cc2)cc1. The Bertz CT molecular complexity index is 1100. The van der Waals surface area contributed by atoms with Gasteiger partial charge in [-0.1, -0.05) is 71.8 Å². The van der Waals surface area contributed by atoms with Gasteiger partial charge in [-0.3, -0.25) is 14.5 Å². The van der Waals surface area contributed by atoms with E-state index in [0.29, 0.717) is 21.8 Å². The number of halogens is 1. The van der Waals surface area contributed by atoms with Crippen LogP contribution in [0.4, 0.5) is 5.69 Å². The first-order valence-corrected chi connectivity index (χ1v) is 9.53. The third-order valence-electron chi connectivity index (χ3n) is 4.99. The lowest BCUT2D eigenvalue weighted by Crippen LogP contribution is -2.29. The molecule has 1 aliphatic heterocycles. The van der Waals surface area contributed by atoms with Crippen molar-refractivity contribution in [1.82, 2.24) is 0 Å². The molecule has 3 aromatic carbocycles. The van der Waals surface area contributed by atoms with E-state index in [2.05, 4.69) is 0 Å². The molecule has 1 amide bonds. The highest BCUT2D eigenvalue weighted by Gasteiger charge is 2.46. The predicted octanol–water partition coefficient (Wildman–Crippen LogP) is 5.27. The molecule has 1 saturated heterocycles. The average Bonchev–Trinajstić information content (AvgIpc) is 3.00. The lowest BCUT2D eigenvalue weighted by atomic mass is 9.95. The summed E-state index contributed by atoms with van der Waals surface area (Å²) < 4.78 is 0. The Balaban J connectivity index is 1.94. The van der Waals surface area contributed by atoms with E-state index in [1.165, 1.54) is 4.90 Å². The van der Waals surface area contributed by atoms with Gasteiger partial charge in [0.1, 0.15) is 5.76 Å². The van der Waals surface area contributed by atoms with Gasteiger partial charge in [-0.05, 0) is 36.8 Å². The highest BCUT2D eigenvalue weighted by atomic mass is 35.5. The number of benzene rings is 3. The number of aryl methyl sites for hydroxylation is 1.